The summed E-state index contributed by atoms with van der Waals surface area (Å²) in [6, 6.07) is 12.9. The third-order valence-electron chi connectivity index (χ3n) is 3.61. The Labute approximate surface area is 131 Å². The average Bonchev–Trinajstić information content (AvgIpc) is 3.24. The quantitative estimate of drug-likeness (QED) is 0.781. The lowest BCUT2D eigenvalue weighted by Gasteiger charge is -2.08. The predicted octanol–water partition coefficient (Wildman–Crippen LogP) is 3.19. The van der Waals surface area contributed by atoms with Crippen molar-refractivity contribution in [3.63, 3.8) is 0 Å². The van der Waals surface area contributed by atoms with Gasteiger partial charge in [-0.2, -0.15) is 5.26 Å². The number of hydrogen-bond donors (Lipinski definition) is 1. The number of nitrogen functional groups attached to an aromatic ring is 1. The van der Waals surface area contributed by atoms with Crippen molar-refractivity contribution < 1.29 is 13.9 Å². The van der Waals surface area contributed by atoms with Crippen LogP contribution in [0, 0.1) is 11.3 Å². The van der Waals surface area contributed by atoms with E-state index in [0.717, 1.165) is 5.56 Å². The minimum absolute atomic E-state index is 0.161. The van der Waals surface area contributed by atoms with E-state index in [1.807, 2.05) is 18.2 Å². The molecule has 0 amide bonds. The standard InChI is InChI=1S/C17H11N3O3/c18-8-12-11(14-2-1-5-21-14)7-13(20-17(12)19)10-3-4-15-16(6-10)23-9-22-15/h1-7H,9H2,(H2,19,20). The number of ether oxygens (including phenoxy) is 2. The van der Waals surface area contributed by atoms with E-state index in [1.165, 1.54) is 0 Å². The second kappa shape index (κ2) is 5.07. The molecule has 1 aliphatic heterocycles. The molecular weight excluding hydrogens is 294 g/mol. The molecule has 0 fully saturated rings. The topological polar surface area (TPSA) is 94.3 Å². The number of anilines is 1. The van der Waals surface area contributed by atoms with Crippen LogP contribution in [0.4, 0.5) is 5.82 Å². The van der Waals surface area contributed by atoms with Crippen molar-refractivity contribution in [3.05, 3.63) is 48.2 Å². The third kappa shape index (κ3) is 2.15. The van der Waals surface area contributed by atoms with Crippen molar-refractivity contribution in [2.75, 3.05) is 12.5 Å². The number of nitriles is 1. The summed E-state index contributed by atoms with van der Waals surface area (Å²) in [7, 11) is 0. The Kier molecular flexibility index (Phi) is 2.91. The van der Waals surface area contributed by atoms with Gasteiger partial charge in [0.25, 0.3) is 0 Å². The highest BCUT2D eigenvalue weighted by atomic mass is 16.7. The molecule has 23 heavy (non-hydrogen) atoms. The fraction of sp³-hybridized carbons (Fsp3) is 0.0588. The minimum atomic E-state index is 0.161. The van der Waals surface area contributed by atoms with E-state index in [2.05, 4.69) is 11.1 Å². The van der Waals surface area contributed by atoms with Crippen molar-refractivity contribution in [2.45, 2.75) is 0 Å². The molecule has 0 saturated heterocycles. The van der Waals surface area contributed by atoms with Crippen LogP contribution >= 0.6 is 0 Å². The fourth-order valence-corrected chi connectivity index (χ4v) is 2.51. The Morgan fingerprint density at radius 2 is 2.00 bits per heavy atom. The van der Waals surface area contributed by atoms with Crippen LogP contribution in [0.5, 0.6) is 11.5 Å². The van der Waals surface area contributed by atoms with E-state index in [1.54, 1.807) is 24.5 Å². The normalized spacial score (nSPS) is 12.1. The van der Waals surface area contributed by atoms with Crippen molar-refractivity contribution in [1.82, 2.24) is 4.98 Å². The predicted molar refractivity (Wildman–Crippen MR) is 82.6 cm³/mol. The Morgan fingerprint density at radius 1 is 1.13 bits per heavy atom. The van der Waals surface area contributed by atoms with E-state index in [-0.39, 0.29) is 12.6 Å². The molecule has 4 rings (SSSR count). The van der Waals surface area contributed by atoms with Gasteiger partial charge >= 0.3 is 0 Å². The largest absolute Gasteiger partial charge is 0.464 e. The summed E-state index contributed by atoms with van der Waals surface area (Å²) in [4.78, 5) is 4.33. The fourth-order valence-electron chi connectivity index (χ4n) is 2.51. The highest BCUT2D eigenvalue weighted by Crippen LogP contribution is 2.37. The molecule has 112 valence electrons. The summed E-state index contributed by atoms with van der Waals surface area (Å²) < 4.78 is 16.1. The number of aromatic nitrogens is 1. The van der Waals surface area contributed by atoms with E-state index < -0.39 is 0 Å². The zero-order valence-corrected chi connectivity index (χ0v) is 11.9. The average molecular weight is 305 g/mol. The highest BCUT2D eigenvalue weighted by Gasteiger charge is 2.18. The number of nitrogens with zero attached hydrogens (tertiary/aromatic N) is 2. The molecule has 0 bridgehead atoms. The molecule has 3 aromatic rings. The first kappa shape index (κ1) is 13.2. The number of fused-ring (bicyclic) bond motifs is 1. The molecule has 0 unspecified atom stereocenters. The van der Waals surface area contributed by atoms with Crippen LogP contribution in [0.2, 0.25) is 0 Å². The van der Waals surface area contributed by atoms with Crippen LogP contribution in [-0.4, -0.2) is 11.8 Å². The number of furan rings is 1. The molecular formula is C17H11N3O3. The Balaban J connectivity index is 1.89. The van der Waals surface area contributed by atoms with Crippen molar-refractivity contribution in [3.8, 4) is 40.1 Å². The van der Waals surface area contributed by atoms with Crippen LogP contribution in [0.3, 0.4) is 0 Å². The van der Waals surface area contributed by atoms with Gasteiger partial charge in [-0.15, -0.1) is 0 Å². The monoisotopic (exact) mass is 305 g/mol. The third-order valence-corrected chi connectivity index (χ3v) is 3.61. The van der Waals surface area contributed by atoms with Gasteiger partial charge in [0.1, 0.15) is 23.2 Å². The molecule has 3 heterocycles. The van der Waals surface area contributed by atoms with Gasteiger partial charge < -0.3 is 19.6 Å². The van der Waals surface area contributed by atoms with Gasteiger partial charge in [0.05, 0.1) is 12.0 Å². The molecule has 6 nitrogen and oxygen atoms in total. The summed E-state index contributed by atoms with van der Waals surface area (Å²) in [5.74, 6) is 2.08. The van der Waals surface area contributed by atoms with Gasteiger partial charge in [0.15, 0.2) is 11.5 Å². The molecule has 0 saturated carbocycles. The summed E-state index contributed by atoms with van der Waals surface area (Å²) in [5, 5.41) is 9.34. The first-order valence-electron chi connectivity index (χ1n) is 6.91. The van der Waals surface area contributed by atoms with Crippen molar-refractivity contribution in [2.24, 2.45) is 0 Å². The molecule has 2 aromatic heterocycles. The molecule has 2 N–H and O–H groups in total. The molecule has 0 aliphatic carbocycles. The van der Waals surface area contributed by atoms with Crippen LogP contribution in [0.15, 0.2) is 47.1 Å². The number of hydrogen-bond acceptors (Lipinski definition) is 6. The van der Waals surface area contributed by atoms with E-state index in [0.29, 0.717) is 34.1 Å². The zero-order valence-electron chi connectivity index (χ0n) is 11.9. The van der Waals surface area contributed by atoms with Gasteiger partial charge in [-0.25, -0.2) is 4.98 Å². The zero-order chi connectivity index (χ0) is 15.8. The second-order valence-electron chi connectivity index (χ2n) is 4.97. The van der Waals surface area contributed by atoms with E-state index in [9.17, 15) is 5.26 Å². The Hall–Kier alpha value is -3.46. The highest BCUT2D eigenvalue weighted by molar-refractivity contribution is 5.78. The molecule has 0 atom stereocenters. The number of nitrogens with two attached hydrogens (primary N) is 1. The van der Waals surface area contributed by atoms with Gasteiger partial charge in [-0.3, -0.25) is 0 Å². The van der Waals surface area contributed by atoms with Crippen LogP contribution in [0.25, 0.3) is 22.6 Å². The SMILES string of the molecule is N#Cc1c(-c2ccco2)cc(-c2ccc3c(c2)OCO3)nc1N. The summed E-state index contributed by atoms with van der Waals surface area (Å²) in [6.07, 6.45) is 1.55. The van der Waals surface area contributed by atoms with Crippen molar-refractivity contribution >= 4 is 5.82 Å². The van der Waals surface area contributed by atoms with Crippen LogP contribution < -0.4 is 15.2 Å². The maximum Gasteiger partial charge on any atom is 0.231 e. The summed E-state index contributed by atoms with van der Waals surface area (Å²) >= 11 is 0. The Bertz CT molecular complexity index is 927. The lowest BCUT2D eigenvalue weighted by atomic mass is 10.0. The smallest absolute Gasteiger partial charge is 0.231 e. The second-order valence-corrected chi connectivity index (χ2v) is 4.97. The first-order chi connectivity index (χ1) is 11.3. The Morgan fingerprint density at radius 3 is 2.78 bits per heavy atom. The number of rotatable bonds is 2. The van der Waals surface area contributed by atoms with Crippen LogP contribution in [0.1, 0.15) is 5.56 Å². The van der Waals surface area contributed by atoms with Gasteiger partial charge in [0, 0.05) is 11.1 Å². The minimum Gasteiger partial charge on any atom is -0.464 e. The van der Waals surface area contributed by atoms with E-state index >= 15 is 0 Å². The van der Waals surface area contributed by atoms with Gasteiger partial charge in [0.2, 0.25) is 6.79 Å². The first-order valence-corrected chi connectivity index (χ1v) is 6.91. The number of benzene rings is 1. The van der Waals surface area contributed by atoms with Crippen LogP contribution in [-0.2, 0) is 0 Å². The molecule has 6 heteroatoms. The number of pyridine rings is 1. The van der Waals surface area contributed by atoms with Gasteiger partial charge in [-0.1, -0.05) is 0 Å². The lowest BCUT2D eigenvalue weighted by molar-refractivity contribution is 0.174. The summed E-state index contributed by atoms with van der Waals surface area (Å²) in [6.45, 7) is 0.208. The maximum absolute atomic E-state index is 9.34. The molecule has 0 radical (unpaired) electrons. The molecule has 1 aliphatic rings. The molecule has 0 spiro atoms. The van der Waals surface area contributed by atoms with E-state index in [4.69, 9.17) is 19.6 Å². The maximum atomic E-state index is 9.34. The van der Waals surface area contributed by atoms with Gasteiger partial charge in [-0.05, 0) is 36.4 Å². The van der Waals surface area contributed by atoms with Crippen molar-refractivity contribution in [1.29, 1.82) is 5.26 Å². The molecule has 1 aromatic carbocycles. The summed E-state index contributed by atoms with van der Waals surface area (Å²) in [5.41, 5.74) is 8.31. The lowest BCUT2D eigenvalue weighted by Crippen LogP contribution is -1.99.